The van der Waals surface area contributed by atoms with Crippen LogP contribution in [0.2, 0.25) is 0 Å². The van der Waals surface area contributed by atoms with Crippen molar-refractivity contribution in [3.05, 3.63) is 15.8 Å². The van der Waals surface area contributed by atoms with E-state index in [4.69, 9.17) is 5.73 Å². The highest BCUT2D eigenvalue weighted by molar-refractivity contribution is 5.60. The zero-order valence-electron chi connectivity index (χ0n) is 11.9. The van der Waals surface area contributed by atoms with Gasteiger partial charge in [-0.1, -0.05) is 19.8 Å². The Morgan fingerprint density at radius 2 is 2.20 bits per heavy atom. The number of hydrogen-bond donors (Lipinski definition) is 2. The molecule has 0 aliphatic heterocycles. The van der Waals surface area contributed by atoms with E-state index in [9.17, 15) is 10.1 Å². The summed E-state index contributed by atoms with van der Waals surface area (Å²) < 4.78 is 0. The van der Waals surface area contributed by atoms with E-state index in [1.165, 1.54) is 12.8 Å². The molecule has 1 saturated carbocycles. The third-order valence-corrected chi connectivity index (χ3v) is 3.86. The maximum Gasteiger partial charge on any atom is 0.332 e. The lowest BCUT2D eigenvalue weighted by molar-refractivity contribution is -0.385. The molecule has 1 aromatic heterocycles. The molecule has 110 valence electrons. The van der Waals surface area contributed by atoms with Crippen LogP contribution in [0.5, 0.6) is 0 Å². The van der Waals surface area contributed by atoms with Gasteiger partial charge in [-0.2, -0.15) is 4.98 Å². The number of anilines is 2. The number of hydrogen-bond acceptors (Lipinski definition) is 6. The van der Waals surface area contributed by atoms with Crippen molar-refractivity contribution >= 4 is 17.5 Å². The molecule has 2 unspecified atom stereocenters. The molecule has 0 radical (unpaired) electrons. The van der Waals surface area contributed by atoms with Crippen molar-refractivity contribution < 1.29 is 4.92 Å². The molecule has 1 aliphatic rings. The third-order valence-electron chi connectivity index (χ3n) is 3.86. The van der Waals surface area contributed by atoms with Crippen molar-refractivity contribution in [2.75, 3.05) is 17.6 Å². The van der Waals surface area contributed by atoms with Gasteiger partial charge in [-0.25, -0.2) is 4.98 Å². The first-order valence-electron chi connectivity index (χ1n) is 6.99. The fourth-order valence-corrected chi connectivity index (χ4v) is 2.92. The lowest BCUT2D eigenvalue weighted by atomic mass is 9.82. The van der Waals surface area contributed by atoms with Gasteiger partial charge in [0.15, 0.2) is 0 Å². The van der Waals surface area contributed by atoms with Gasteiger partial charge in [0.25, 0.3) is 0 Å². The standard InChI is InChI=1S/C13H21N5O2/c1-8-4-3-5-10(6-8)7-15-12-11(18(19)20)9(2)16-13(14)17-12/h8,10H,3-7H2,1-2H3,(H3,14,15,16,17). The number of nitrogens with zero attached hydrogens (tertiary/aromatic N) is 3. The molecule has 7 heteroatoms. The quantitative estimate of drug-likeness (QED) is 0.647. The normalized spacial score (nSPS) is 22.5. The number of aromatic nitrogens is 2. The van der Waals surface area contributed by atoms with Crippen LogP contribution in [-0.4, -0.2) is 21.4 Å². The maximum absolute atomic E-state index is 11.1. The first-order chi connectivity index (χ1) is 9.47. The molecule has 3 N–H and O–H groups in total. The molecule has 1 aromatic rings. The lowest BCUT2D eigenvalue weighted by Gasteiger charge is -2.26. The highest BCUT2D eigenvalue weighted by Gasteiger charge is 2.23. The van der Waals surface area contributed by atoms with Gasteiger partial charge < -0.3 is 11.1 Å². The van der Waals surface area contributed by atoms with Gasteiger partial charge in [0, 0.05) is 6.54 Å². The topological polar surface area (TPSA) is 107 Å². The molecule has 0 amide bonds. The number of nitro groups is 1. The van der Waals surface area contributed by atoms with E-state index in [2.05, 4.69) is 22.2 Å². The summed E-state index contributed by atoms with van der Waals surface area (Å²) in [5.74, 6) is 1.56. The van der Waals surface area contributed by atoms with Crippen LogP contribution in [0.25, 0.3) is 0 Å². The smallest absolute Gasteiger partial charge is 0.332 e. The van der Waals surface area contributed by atoms with Gasteiger partial charge in [0.05, 0.1) is 4.92 Å². The van der Waals surface area contributed by atoms with Gasteiger partial charge in [-0.3, -0.25) is 10.1 Å². The second-order valence-corrected chi connectivity index (χ2v) is 5.64. The van der Waals surface area contributed by atoms with Gasteiger partial charge in [0.2, 0.25) is 11.8 Å². The van der Waals surface area contributed by atoms with Gasteiger partial charge in [-0.05, 0) is 31.6 Å². The van der Waals surface area contributed by atoms with Crippen LogP contribution in [0.15, 0.2) is 0 Å². The fourth-order valence-electron chi connectivity index (χ4n) is 2.92. The Bertz CT molecular complexity index is 506. The number of aryl methyl sites for hydroxylation is 1. The Hall–Kier alpha value is -1.92. The van der Waals surface area contributed by atoms with Crippen molar-refractivity contribution in [1.82, 2.24) is 9.97 Å². The summed E-state index contributed by atoms with van der Waals surface area (Å²) in [4.78, 5) is 18.5. The monoisotopic (exact) mass is 279 g/mol. The Labute approximate surface area is 118 Å². The van der Waals surface area contributed by atoms with E-state index in [0.29, 0.717) is 18.2 Å². The van der Waals surface area contributed by atoms with Crippen molar-refractivity contribution in [2.45, 2.75) is 39.5 Å². The molecule has 7 nitrogen and oxygen atoms in total. The average Bonchev–Trinajstić information content (AvgIpc) is 2.35. The van der Waals surface area contributed by atoms with Gasteiger partial charge >= 0.3 is 5.69 Å². The predicted octanol–water partition coefficient (Wildman–Crippen LogP) is 2.51. The van der Waals surface area contributed by atoms with Gasteiger partial charge in [-0.15, -0.1) is 0 Å². The van der Waals surface area contributed by atoms with Crippen molar-refractivity contribution in [1.29, 1.82) is 0 Å². The predicted molar refractivity (Wildman–Crippen MR) is 77.4 cm³/mol. The van der Waals surface area contributed by atoms with E-state index < -0.39 is 4.92 Å². The Balaban J connectivity index is 2.10. The van der Waals surface area contributed by atoms with Crippen LogP contribution in [0.1, 0.15) is 38.3 Å². The van der Waals surface area contributed by atoms with Crippen molar-refractivity contribution in [2.24, 2.45) is 11.8 Å². The van der Waals surface area contributed by atoms with E-state index in [1.807, 2.05) is 0 Å². The second-order valence-electron chi connectivity index (χ2n) is 5.64. The maximum atomic E-state index is 11.1. The van der Waals surface area contributed by atoms with E-state index in [1.54, 1.807) is 6.92 Å². The van der Waals surface area contributed by atoms with Crippen molar-refractivity contribution in [3.63, 3.8) is 0 Å². The van der Waals surface area contributed by atoms with Crippen LogP contribution in [-0.2, 0) is 0 Å². The molecule has 2 rings (SSSR count). The largest absolute Gasteiger partial charge is 0.368 e. The molecule has 0 spiro atoms. The molecular formula is C13H21N5O2. The third kappa shape index (κ3) is 3.34. The summed E-state index contributed by atoms with van der Waals surface area (Å²) in [5, 5.41) is 14.2. The van der Waals surface area contributed by atoms with E-state index in [-0.39, 0.29) is 17.5 Å². The highest BCUT2D eigenvalue weighted by Crippen LogP contribution is 2.30. The summed E-state index contributed by atoms with van der Waals surface area (Å²) >= 11 is 0. The highest BCUT2D eigenvalue weighted by atomic mass is 16.6. The minimum atomic E-state index is -0.458. The van der Waals surface area contributed by atoms with Gasteiger partial charge in [0.1, 0.15) is 5.69 Å². The van der Waals surface area contributed by atoms with Crippen LogP contribution in [0.3, 0.4) is 0 Å². The summed E-state index contributed by atoms with van der Waals surface area (Å²) in [7, 11) is 0. The minimum Gasteiger partial charge on any atom is -0.368 e. The summed E-state index contributed by atoms with van der Waals surface area (Å²) in [6.07, 6.45) is 4.81. The SMILES string of the molecule is Cc1nc(N)nc(NCC2CCCC(C)C2)c1[N+](=O)[O-]. The molecule has 0 bridgehead atoms. The van der Waals surface area contributed by atoms with Crippen LogP contribution in [0.4, 0.5) is 17.5 Å². The summed E-state index contributed by atoms with van der Waals surface area (Å²) in [5.41, 5.74) is 5.79. The second kappa shape index (κ2) is 6.02. The molecule has 2 atom stereocenters. The fraction of sp³-hybridized carbons (Fsp3) is 0.692. The molecule has 0 aromatic carbocycles. The molecule has 1 fully saturated rings. The molecule has 1 aliphatic carbocycles. The Kier molecular flexibility index (Phi) is 4.36. The number of rotatable bonds is 4. The summed E-state index contributed by atoms with van der Waals surface area (Å²) in [6, 6.07) is 0. The molecule has 0 saturated heterocycles. The molecule has 20 heavy (non-hydrogen) atoms. The Morgan fingerprint density at radius 3 is 2.85 bits per heavy atom. The molecular weight excluding hydrogens is 258 g/mol. The Morgan fingerprint density at radius 1 is 1.45 bits per heavy atom. The lowest BCUT2D eigenvalue weighted by Crippen LogP contribution is -2.22. The first-order valence-corrected chi connectivity index (χ1v) is 6.99. The first kappa shape index (κ1) is 14.5. The molecule has 1 heterocycles. The van der Waals surface area contributed by atoms with E-state index >= 15 is 0 Å². The number of nitrogen functional groups attached to an aromatic ring is 1. The number of nitrogens with one attached hydrogen (secondary N) is 1. The average molecular weight is 279 g/mol. The minimum absolute atomic E-state index is 0.0626. The summed E-state index contributed by atoms with van der Waals surface area (Å²) in [6.45, 7) is 4.52. The zero-order chi connectivity index (χ0) is 14.7. The van der Waals surface area contributed by atoms with Crippen LogP contribution >= 0.6 is 0 Å². The van der Waals surface area contributed by atoms with Crippen LogP contribution < -0.4 is 11.1 Å². The zero-order valence-corrected chi connectivity index (χ0v) is 11.9. The van der Waals surface area contributed by atoms with Crippen LogP contribution in [0, 0.1) is 28.9 Å². The van der Waals surface area contributed by atoms with E-state index in [0.717, 1.165) is 18.8 Å². The number of nitrogens with two attached hydrogens (primary N) is 1. The van der Waals surface area contributed by atoms with Crippen molar-refractivity contribution in [3.8, 4) is 0 Å².